The highest BCUT2D eigenvalue weighted by Crippen LogP contribution is 2.11. The van der Waals surface area contributed by atoms with Gasteiger partial charge in [0, 0.05) is 13.2 Å². The molecule has 0 amide bonds. The number of hydrogen-bond donors (Lipinski definition) is 4. The van der Waals surface area contributed by atoms with E-state index < -0.39 is 0 Å². The summed E-state index contributed by atoms with van der Waals surface area (Å²) in [5, 5.41) is 35.6. The highest BCUT2D eigenvalue weighted by molar-refractivity contribution is 4.63. The zero-order valence-electron chi connectivity index (χ0n) is 10.4. The van der Waals surface area contributed by atoms with Crippen molar-refractivity contribution in [1.82, 2.24) is 0 Å². The molecule has 0 bridgehead atoms. The Hall–Kier alpha value is -0.200. The molecule has 0 saturated carbocycles. The van der Waals surface area contributed by atoms with Crippen molar-refractivity contribution in [3.63, 3.8) is 0 Å². The van der Waals surface area contributed by atoms with Gasteiger partial charge in [0.15, 0.2) is 0 Å². The summed E-state index contributed by atoms with van der Waals surface area (Å²) in [6, 6.07) is 0. The fourth-order valence-electron chi connectivity index (χ4n) is 1.64. The summed E-state index contributed by atoms with van der Waals surface area (Å²) in [6.45, 7) is 0.167. The molecule has 0 aliphatic rings. The van der Waals surface area contributed by atoms with Crippen LogP contribution in [0.2, 0.25) is 0 Å². The third-order valence-corrected chi connectivity index (χ3v) is 2.66. The molecule has 0 aliphatic carbocycles. The summed E-state index contributed by atoms with van der Waals surface area (Å²) < 4.78 is 5.58. The van der Waals surface area contributed by atoms with Gasteiger partial charge >= 0.3 is 0 Å². The number of unbranched alkanes of at least 4 members (excludes halogenated alkanes) is 2. The van der Waals surface area contributed by atoms with Gasteiger partial charge < -0.3 is 25.2 Å². The number of aliphatic hydroxyl groups excluding tert-OH is 4. The van der Waals surface area contributed by atoms with Crippen molar-refractivity contribution >= 4 is 0 Å². The van der Waals surface area contributed by atoms with E-state index in [1.54, 1.807) is 0 Å². The minimum atomic E-state index is -0.271. The van der Waals surface area contributed by atoms with Crippen molar-refractivity contribution in [3.05, 3.63) is 0 Å². The van der Waals surface area contributed by atoms with Gasteiger partial charge in [0.1, 0.15) is 0 Å². The van der Waals surface area contributed by atoms with Gasteiger partial charge in [-0.3, -0.25) is 0 Å². The maximum absolute atomic E-state index is 9.13. The molecular weight excluding hydrogens is 224 g/mol. The predicted octanol–water partition coefficient (Wildman–Crippen LogP) is 0.0500. The minimum Gasteiger partial charge on any atom is -0.396 e. The zero-order valence-corrected chi connectivity index (χ0v) is 10.4. The van der Waals surface area contributed by atoms with E-state index in [0.717, 1.165) is 12.8 Å². The summed E-state index contributed by atoms with van der Waals surface area (Å²) in [5.41, 5.74) is 0. The van der Waals surface area contributed by atoms with Crippen molar-refractivity contribution in [2.45, 2.75) is 50.7 Å². The molecule has 0 spiro atoms. The molecule has 2 atom stereocenters. The first kappa shape index (κ1) is 16.8. The van der Waals surface area contributed by atoms with Crippen molar-refractivity contribution in [3.8, 4) is 0 Å². The van der Waals surface area contributed by atoms with E-state index in [4.69, 9.17) is 25.2 Å². The van der Waals surface area contributed by atoms with Crippen LogP contribution in [0.4, 0.5) is 0 Å². The van der Waals surface area contributed by atoms with Crippen LogP contribution in [0, 0.1) is 0 Å². The van der Waals surface area contributed by atoms with Crippen LogP contribution in [0.25, 0.3) is 0 Å². The topological polar surface area (TPSA) is 90.2 Å². The summed E-state index contributed by atoms with van der Waals surface area (Å²) in [4.78, 5) is 0. The second-order valence-corrected chi connectivity index (χ2v) is 4.18. The van der Waals surface area contributed by atoms with Gasteiger partial charge in [-0.25, -0.2) is 0 Å². The van der Waals surface area contributed by atoms with Gasteiger partial charge in [0.05, 0.1) is 25.4 Å². The van der Waals surface area contributed by atoms with Crippen molar-refractivity contribution in [2.75, 3.05) is 26.4 Å². The Morgan fingerprint density at radius 1 is 0.647 bits per heavy atom. The molecule has 0 heterocycles. The van der Waals surface area contributed by atoms with E-state index in [9.17, 15) is 0 Å². The molecule has 0 aromatic heterocycles. The molecule has 0 aliphatic heterocycles. The van der Waals surface area contributed by atoms with Crippen LogP contribution in [0.5, 0.6) is 0 Å². The molecule has 0 radical (unpaired) electrons. The van der Waals surface area contributed by atoms with E-state index in [2.05, 4.69) is 0 Å². The lowest BCUT2D eigenvalue weighted by atomic mass is 10.1. The van der Waals surface area contributed by atoms with Gasteiger partial charge in [-0.05, 0) is 38.5 Å². The molecule has 0 saturated heterocycles. The fourth-order valence-corrected chi connectivity index (χ4v) is 1.64. The van der Waals surface area contributed by atoms with E-state index in [1.165, 1.54) is 0 Å². The molecule has 4 N–H and O–H groups in total. The third kappa shape index (κ3) is 9.50. The summed E-state index contributed by atoms with van der Waals surface area (Å²) in [7, 11) is 0. The Morgan fingerprint density at radius 2 is 1.06 bits per heavy atom. The third-order valence-electron chi connectivity index (χ3n) is 2.66. The Kier molecular flexibility index (Phi) is 12.1. The van der Waals surface area contributed by atoms with Crippen molar-refractivity contribution < 1.29 is 25.2 Å². The molecular formula is C12H26O5. The molecule has 104 valence electrons. The van der Waals surface area contributed by atoms with Crippen LogP contribution in [-0.4, -0.2) is 59.1 Å². The number of hydrogen-bond acceptors (Lipinski definition) is 5. The Bertz CT molecular complexity index is 138. The van der Waals surface area contributed by atoms with Crippen LogP contribution >= 0.6 is 0 Å². The second-order valence-electron chi connectivity index (χ2n) is 4.18. The van der Waals surface area contributed by atoms with Gasteiger partial charge in [-0.2, -0.15) is 0 Å². The van der Waals surface area contributed by atoms with Crippen LogP contribution in [0.15, 0.2) is 0 Å². The first-order valence-corrected chi connectivity index (χ1v) is 6.37. The highest BCUT2D eigenvalue weighted by atomic mass is 16.5. The van der Waals surface area contributed by atoms with Crippen LogP contribution < -0.4 is 0 Å². The SMILES string of the molecule is OCCCCC(CO)OC(CO)CCCCO. The second kappa shape index (κ2) is 12.3. The molecule has 0 aromatic carbocycles. The molecule has 5 nitrogen and oxygen atoms in total. The van der Waals surface area contributed by atoms with Crippen LogP contribution in [-0.2, 0) is 4.74 Å². The number of aliphatic hydroxyl groups is 4. The van der Waals surface area contributed by atoms with Crippen LogP contribution in [0.3, 0.4) is 0 Å². The lowest BCUT2D eigenvalue weighted by Crippen LogP contribution is -2.28. The molecule has 0 rings (SSSR count). The lowest BCUT2D eigenvalue weighted by Gasteiger charge is -2.22. The number of ether oxygens (including phenoxy) is 1. The standard InChI is InChI=1S/C12H26O5/c13-7-3-1-5-11(9-15)17-12(10-16)6-2-4-8-14/h11-16H,1-10H2. The van der Waals surface area contributed by atoms with Gasteiger partial charge in [-0.1, -0.05) is 0 Å². The maximum Gasteiger partial charge on any atom is 0.0810 e. The van der Waals surface area contributed by atoms with Gasteiger partial charge in [0.25, 0.3) is 0 Å². The average molecular weight is 250 g/mol. The van der Waals surface area contributed by atoms with E-state index in [-0.39, 0.29) is 38.6 Å². The fraction of sp³-hybridized carbons (Fsp3) is 1.00. The number of rotatable bonds is 12. The van der Waals surface area contributed by atoms with Crippen molar-refractivity contribution in [2.24, 2.45) is 0 Å². The predicted molar refractivity (Wildman–Crippen MR) is 64.7 cm³/mol. The van der Waals surface area contributed by atoms with E-state index in [0.29, 0.717) is 25.7 Å². The van der Waals surface area contributed by atoms with Crippen molar-refractivity contribution in [1.29, 1.82) is 0 Å². The normalized spacial score (nSPS) is 14.8. The Labute approximate surface area is 103 Å². The molecule has 0 aromatic rings. The zero-order chi connectivity index (χ0) is 12.9. The average Bonchev–Trinajstić information content (AvgIpc) is 2.36. The minimum absolute atomic E-state index is 0.0675. The van der Waals surface area contributed by atoms with Crippen LogP contribution in [0.1, 0.15) is 38.5 Å². The smallest absolute Gasteiger partial charge is 0.0810 e. The quantitative estimate of drug-likeness (QED) is 0.367. The highest BCUT2D eigenvalue weighted by Gasteiger charge is 2.15. The molecule has 0 fully saturated rings. The first-order chi connectivity index (χ1) is 8.28. The van der Waals surface area contributed by atoms with E-state index in [1.807, 2.05) is 0 Å². The lowest BCUT2D eigenvalue weighted by molar-refractivity contribution is -0.0680. The molecule has 2 unspecified atom stereocenters. The Balaban J connectivity index is 3.77. The molecule has 5 heteroatoms. The summed E-state index contributed by atoms with van der Waals surface area (Å²) >= 11 is 0. The summed E-state index contributed by atoms with van der Waals surface area (Å²) in [5.74, 6) is 0. The van der Waals surface area contributed by atoms with E-state index >= 15 is 0 Å². The first-order valence-electron chi connectivity index (χ1n) is 6.37. The Morgan fingerprint density at radius 3 is 1.35 bits per heavy atom. The summed E-state index contributed by atoms with van der Waals surface area (Å²) in [6.07, 6.45) is 3.84. The van der Waals surface area contributed by atoms with Gasteiger partial charge in [0.2, 0.25) is 0 Å². The van der Waals surface area contributed by atoms with Gasteiger partial charge in [-0.15, -0.1) is 0 Å². The largest absolute Gasteiger partial charge is 0.396 e. The maximum atomic E-state index is 9.13. The molecule has 17 heavy (non-hydrogen) atoms. The monoisotopic (exact) mass is 250 g/mol.